The lowest BCUT2D eigenvalue weighted by Crippen LogP contribution is -2.34. The van der Waals surface area contributed by atoms with Gasteiger partial charge in [0, 0.05) is 32.3 Å². The van der Waals surface area contributed by atoms with Crippen molar-refractivity contribution in [3.63, 3.8) is 0 Å². The molecular formula is C12H24N2O. The van der Waals surface area contributed by atoms with Crippen molar-refractivity contribution in [2.45, 2.75) is 58.1 Å². The van der Waals surface area contributed by atoms with E-state index in [9.17, 15) is 0 Å². The molecule has 0 amide bonds. The van der Waals surface area contributed by atoms with Crippen LogP contribution in [0.5, 0.6) is 0 Å². The van der Waals surface area contributed by atoms with Crippen LogP contribution in [-0.2, 0) is 4.84 Å². The van der Waals surface area contributed by atoms with Gasteiger partial charge in [0.05, 0.1) is 0 Å². The lowest BCUT2D eigenvalue weighted by Gasteiger charge is -2.26. The first kappa shape index (κ1) is 12.5. The SMILES string of the molecule is C=NO[C@@H]1CCN(C(CCC)CCC)C1. The summed E-state index contributed by atoms with van der Waals surface area (Å²) in [6.07, 6.45) is 6.53. The Kier molecular flexibility index (Phi) is 5.69. The molecule has 0 spiro atoms. The first-order chi connectivity index (χ1) is 7.31. The summed E-state index contributed by atoms with van der Waals surface area (Å²) in [5.74, 6) is 0. The van der Waals surface area contributed by atoms with Gasteiger partial charge in [0.2, 0.25) is 0 Å². The van der Waals surface area contributed by atoms with E-state index in [4.69, 9.17) is 4.84 Å². The Hall–Kier alpha value is -0.570. The number of hydrogen-bond donors (Lipinski definition) is 0. The highest BCUT2D eigenvalue weighted by molar-refractivity contribution is 5.21. The second-order valence-electron chi connectivity index (χ2n) is 4.37. The Bertz CT molecular complexity index is 178. The fourth-order valence-corrected chi connectivity index (χ4v) is 2.45. The van der Waals surface area contributed by atoms with E-state index < -0.39 is 0 Å². The van der Waals surface area contributed by atoms with Gasteiger partial charge in [-0.25, -0.2) is 0 Å². The summed E-state index contributed by atoms with van der Waals surface area (Å²) in [5.41, 5.74) is 0. The third-order valence-corrected chi connectivity index (χ3v) is 3.16. The predicted octanol–water partition coefficient (Wildman–Crippen LogP) is 2.66. The van der Waals surface area contributed by atoms with E-state index in [0.717, 1.165) is 25.6 Å². The topological polar surface area (TPSA) is 24.8 Å². The summed E-state index contributed by atoms with van der Waals surface area (Å²) in [7, 11) is 0. The minimum atomic E-state index is 0.277. The molecule has 1 fully saturated rings. The first-order valence-electron chi connectivity index (χ1n) is 6.17. The Morgan fingerprint density at radius 2 is 2.07 bits per heavy atom. The summed E-state index contributed by atoms with van der Waals surface area (Å²) >= 11 is 0. The highest BCUT2D eigenvalue weighted by Gasteiger charge is 2.28. The zero-order valence-electron chi connectivity index (χ0n) is 10.1. The summed E-state index contributed by atoms with van der Waals surface area (Å²) in [5, 5.41) is 3.53. The van der Waals surface area contributed by atoms with Gasteiger partial charge in [-0.2, -0.15) is 0 Å². The van der Waals surface area contributed by atoms with Gasteiger partial charge in [0.15, 0.2) is 0 Å². The van der Waals surface area contributed by atoms with Gasteiger partial charge in [-0.1, -0.05) is 26.7 Å². The van der Waals surface area contributed by atoms with Crippen LogP contribution in [-0.4, -0.2) is 36.9 Å². The molecule has 1 saturated heterocycles. The van der Waals surface area contributed by atoms with Gasteiger partial charge in [-0.05, 0) is 12.8 Å². The van der Waals surface area contributed by atoms with Gasteiger partial charge in [-0.3, -0.25) is 4.90 Å². The largest absolute Gasteiger partial charge is 0.392 e. The molecule has 0 saturated carbocycles. The Morgan fingerprint density at radius 3 is 2.60 bits per heavy atom. The molecule has 0 aromatic heterocycles. The second-order valence-corrected chi connectivity index (χ2v) is 4.37. The van der Waals surface area contributed by atoms with Crippen molar-refractivity contribution in [2.75, 3.05) is 13.1 Å². The molecule has 1 heterocycles. The molecule has 0 bridgehead atoms. The van der Waals surface area contributed by atoms with E-state index in [0.29, 0.717) is 0 Å². The number of nitrogens with zero attached hydrogens (tertiary/aromatic N) is 2. The summed E-state index contributed by atoms with van der Waals surface area (Å²) < 4.78 is 0. The fourth-order valence-electron chi connectivity index (χ4n) is 2.45. The summed E-state index contributed by atoms with van der Waals surface area (Å²) in [4.78, 5) is 7.77. The van der Waals surface area contributed by atoms with Crippen LogP contribution >= 0.6 is 0 Å². The van der Waals surface area contributed by atoms with Crippen molar-refractivity contribution in [3.8, 4) is 0 Å². The second kappa shape index (κ2) is 6.83. The van der Waals surface area contributed by atoms with Crippen molar-refractivity contribution in [3.05, 3.63) is 0 Å². The average molecular weight is 212 g/mol. The highest BCUT2D eigenvalue weighted by atomic mass is 16.6. The molecule has 1 aliphatic rings. The summed E-state index contributed by atoms with van der Waals surface area (Å²) in [6.45, 7) is 10.1. The smallest absolute Gasteiger partial charge is 0.141 e. The van der Waals surface area contributed by atoms with Crippen molar-refractivity contribution in [2.24, 2.45) is 5.16 Å². The van der Waals surface area contributed by atoms with Gasteiger partial charge >= 0.3 is 0 Å². The molecule has 1 rings (SSSR count). The minimum absolute atomic E-state index is 0.277. The normalized spacial score (nSPS) is 22.2. The van der Waals surface area contributed by atoms with Crippen molar-refractivity contribution in [1.29, 1.82) is 0 Å². The molecule has 0 aromatic rings. The van der Waals surface area contributed by atoms with E-state index in [1.807, 2.05) is 0 Å². The Balaban J connectivity index is 2.37. The van der Waals surface area contributed by atoms with Crippen LogP contribution in [0.15, 0.2) is 5.16 Å². The highest BCUT2D eigenvalue weighted by Crippen LogP contribution is 2.21. The van der Waals surface area contributed by atoms with Crippen LogP contribution in [0.1, 0.15) is 46.0 Å². The fraction of sp³-hybridized carbons (Fsp3) is 0.917. The number of hydrogen-bond acceptors (Lipinski definition) is 3. The maximum absolute atomic E-state index is 5.21. The Labute approximate surface area is 93.5 Å². The predicted molar refractivity (Wildman–Crippen MR) is 64.2 cm³/mol. The zero-order chi connectivity index (χ0) is 11.1. The molecule has 0 aliphatic carbocycles. The maximum atomic E-state index is 5.21. The summed E-state index contributed by atoms with van der Waals surface area (Å²) in [6, 6.07) is 0.749. The minimum Gasteiger partial charge on any atom is -0.392 e. The standard InChI is InChI=1S/C12H24N2O/c1-4-6-11(7-5-2)14-9-8-12(10-14)15-13-3/h11-12H,3-10H2,1-2H3/t12-/m1/s1. The first-order valence-corrected chi connectivity index (χ1v) is 6.17. The molecule has 3 heteroatoms. The Morgan fingerprint density at radius 1 is 1.40 bits per heavy atom. The monoisotopic (exact) mass is 212 g/mol. The lowest BCUT2D eigenvalue weighted by molar-refractivity contribution is 0.0612. The maximum Gasteiger partial charge on any atom is 0.141 e. The zero-order valence-corrected chi connectivity index (χ0v) is 10.1. The number of oxime groups is 1. The molecule has 0 N–H and O–H groups in total. The van der Waals surface area contributed by atoms with Gasteiger partial charge in [0.25, 0.3) is 0 Å². The quantitative estimate of drug-likeness (QED) is 0.479. The van der Waals surface area contributed by atoms with E-state index in [2.05, 4.69) is 30.6 Å². The van der Waals surface area contributed by atoms with Crippen LogP contribution in [0, 0.1) is 0 Å². The molecule has 0 aromatic carbocycles. The van der Waals surface area contributed by atoms with Crippen LogP contribution in [0.2, 0.25) is 0 Å². The van der Waals surface area contributed by atoms with Crippen LogP contribution in [0.3, 0.4) is 0 Å². The van der Waals surface area contributed by atoms with E-state index in [1.54, 1.807) is 0 Å². The van der Waals surface area contributed by atoms with Gasteiger partial charge in [0.1, 0.15) is 6.10 Å². The van der Waals surface area contributed by atoms with Crippen molar-refractivity contribution >= 4 is 6.72 Å². The number of likely N-dealkylation sites (tertiary alicyclic amines) is 1. The molecule has 15 heavy (non-hydrogen) atoms. The molecule has 88 valence electrons. The van der Waals surface area contributed by atoms with Crippen LogP contribution in [0.4, 0.5) is 0 Å². The van der Waals surface area contributed by atoms with Gasteiger partial charge in [-0.15, -0.1) is 5.16 Å². The number of rotatable bonds is 7. The molecule has 3 nitrogen and oxygen atoms in total. The van der Waals surface area contributed by atoms with Gasteiger partial charge < -0.3 is 4.84 Å². The van der Waals surface area contributed by atoms with Crippen LogP contribution < -0.4 is 0 Å². The van der Waals surface area contributed by atoms with E-state index >= 15 is 0 Å². The van der Waals surface area contributed by atoms with Crippen molar-refractivity contribution in [1.82, 2.24) is 4.90 Å². The average Bonchev–Trinajstić information content (AvgIpc) is 2.67. The van der Waals surface area contributed by atoms with Crippen molar-refractivity contribution < 1.29 is 4.84 Å². The lowest BCUT2D eigenvalue weighted by atomic mass is 10.1. The third-order valence-electron chi connectivity index (χ3n) is 3.16. The van der Waals surface area contributed by atoms with Crippen LogP contribution in [0.25, 0.3) is 0 Å². The molecular weight excluding hydrogens is 188 g/mol. The molecule has 1 aliphatic heterocycles. The van der Waals surface area contributed by atoms with E-state index in [1.165, 1.54) is 25.7 Å². The molecule has 1 atom stereocenters. The van der Waals surface area contributed by atoms with E-state index in [-0.39, 0.29) is 6.10 Å². The molecule has 0 unspecified atom stereocenters. The molecule has 0 radical (unpaired) electrons. The third kappa shape index (κ3) is 3.82.